The number of rotatable bonds is 6. The van der Waals surface area contributed by atoms with Gasteiger partial charge in [-0.1, -0.05) is 0 Å². The van der Waals surface area contributed by atoms with Crippen molar-refractivity contribution in [2.24, 2.45) is 5.73 Å². The molecule has 0 amide bonds. The van der Waals surface area contributed by atoms with Gasteiger partial charge in [-0.3, -0.25) is 0 Å². The van der Waals surface area contributed by atoms with Gasteiger partial charge in [-0.15, -0.1) is 0 Å². The lowest BCUT2D eigenvalue weighted by atomic mass is 9.93. The van der Waals surface area contributed by atoms with E-state index in [0.29, 0.717) is 6.04 Å². The van der Waals surface area contributed by atoms with E-state index in [0.717, 1.165) is 13.0 Å². The van der Waals surface area contributed by atoms with Crippen LogP contribution < -0.4 is 5.73 Å². The number of hydrogen-bond acceptors (Lipinski definition) is 2. The second-order valence-corrected chi connectivity index (χ2v) is 6.62. The van der Waals surface area contributed by atoms with Crippen LogP contribution in [0.15, 0.2) is 6.07 Å². The number of nitrogens with zero attached hydrogens (tertiary/aromatic N) is 2. The topological polar surface area (TPSA) is 34.2 Å². The van der Waals surface area contributed by atoms with E-state index in [-0.39, 0.29) is 6.04 Å². The number of nitrogens with two attached hydrogens (primary N) is 1. The average Bonchev–Trinajstić information content (AvgIpc) is 2.72. The Morgan fingerprint density at radius 2 is 2.15 bits per heavy atom. The Balaban J connectivity index is 1.90. The zero-order valence-electron chi connectivity index (χ0n) is 13.7. The fraction of sp³-hybridized carbons (Fsp3) is 0.765. The van der Waals surface area contributed by atoms with Gasteiger partial charge < -0.3 is 15.2 Å². The van der Waals surface area contributed by atoms with Crippen molar-refractivity contribution in [2.45, 2.75) is 71.5 Å². The monoisotopic (exact) mass is 277 g/mol. The lowest BCUT2D eigenvalue weighted by Gasteiger charge is -2.22. The van der Waals surface area contributed by atoms with Gasteiger partial charge >= 0.3 is 0 Å². The average molecular weight is 277 g/mol. The minimum Gasteiger partial charge on any atom is -0.349 e. The molecule has 0 fully saturated rings. The first-order valence-corrected chi connectivity index (χ1v) is 8.15. The van der Waals surface area contributed by atoms with Gasteiger partial charge in [0.25, 0.3) is 0 Å². The molecule has 1 heterocycles. The highest BCUT2D eigenvalue weighted by Gasteiger charge is 2.21. The summed E-state index contributed by atoms with van der Waals surface area (Å²) in [6.45, 7) is 9.09. The molecule has 114 valence electrons. The molecule has 1 atom stereocenters. The first-order valence-electron chi connectivity index (χ1n) is 8.15. The molecule has 1 aliphatic rings. The van der Waals surface area contributed by atoms with Gasteiger partial charge in [0.15, 0.2) is 0 Å². The van der Waals surface area contributed by atoms with Crippen molar-refractivity contribution >= 4 is 0 Å². The third kappa shape index (κ3) is 3.44. The van der Waals surface area contributed by atoms with Crippen molar-refractivity contribution in [3.8, 4) is 0 Å². The maximum atomic E-state index is 6.24. The predicted octanol–water partition coefficient (Wildman–Crippen LogP) is 3.25. The fourth-order valence-corrected chi connectivity index (χ4v) is 3.20. The molecule has 2 N–H and O–H groups in total. The number of unbranched alkanes of at least 4 members (excludes halogenated alkanes) is 1. The summed E-state index contributed by atoms with van der Waals surface area (Å²) in [6.07, 6.45) is 6.13. The Morgan fingerprint density at radius 3 is 2.85 bits per heavy atom. The number of aromatic nitrogens is 1. The van der Waals surface area contributed by atoms with Crippen molar-refractivity contribution in [3.05, 3.63) is 23.0 Å². The quantitative estimate of drug-likeness (QED) is 0.810. The van der Waals surface area contributed by atoms with E-state index >= 15 is 0 Å². The maximum Gasteiger partial charge on any atom is 0.0313 e. The van der Waals surface area contributed by atoms with E-state index in [2.05, 4.69) is 43.4 Å². The van der Waals surface area contributed by atoms with E-state index < -0.39 is 0 Å². The van der Waals surface area contributed by atoms with E-state index in [1.807, 2.05) is 0 Å². The number of aryl methyl sites for hydroxylation is 1. The minimum atomic E-state index is 0.269. The molecule has 20 heavy (non-hydrogen) atoms. The molecule has 1 aliphatic carbocycles. The Bertz CT molecular complexity index is 434. The van der Waals surface area contributed by atoms with E-state index in [1.165, 1.54) is 49.2 Å². The lowest BCUT2D eigenvalue weighted by molar-refractivity contribution is 0.266. The summed E-state index contributed by atoms with van der Waals surface area (Å²) < 4.78 is 2.52. The molecule has 0 radical (unpaired) electrons. The Morgan fingerprint density at radius 1 is 1.40 bits per heavy atom. The third-order valence-corrected chi connectivity index (χ3v) is 4.80. The maximum absolute atomic E-state index is 6.24. The molecule has 0 saturated carbocycles. The summed E-state index contributed by atoms with van der Waals surface area (Å²) in [5, 5.41) is 0. The summed E-state index contributed by atoms with van der Waals surface area (Å²) in [4.78, 5) is 2.42. The number of hydrogen-bond donors (Lipinski definition) is 1. The summed E-state index contributed by atoms with van der Waals surface area (Å²) >= 11 is 0. The lowest BCUT2D eigenvalue weighted by Crippen LogP contribution is -2.27. The zero-order chi connectivity index (χ0) is 14.7. The summed E-state index contributed by atoms with van der Waals surface area (Å²) in [7, 11) is 2.21. The van der Waals surface area contributed by atoms with Crippen molar-refractivity contribution in [2.75, 3.05) is 13.6 Å². The Hall–Kier alpha value is -0.800. The fourth-order valence-electron chi connectivity index (χ4n) is 3.20. The van der Waals surface area contributed by atoms with Crippen LogP contribution >= 0.6 is 0 Å². The second-order valence-electron chi connectivity index (χ2n) is 6.62. The van der Waals surface area contributed by atoms with Crippen LogP contribution in [0.2, 0.25) is 0 Å². The minimum absolute atomic E-state index is 0.269. The van der Waals surface area contributed by atoms with Crippen LogP contribution in [-0.2, 0) is 13.0 Å². The standard InChI is InChI=1S/C17H31N3/c1-13(2)19(4)10-5-6-11-20-14(3)12-15-16(18)8-7-9-17(15)20/h12-13,16H,5-11,18H2,1-4H3. The van der Waals surface area contributed by atoms with Crippen LogP contribution in [0.1, 0.15) is 62.5 Å². The molecule has 1 aromatic rings. The molecule has 3 heteroatoms. The van der Waals surface area contributed by atoms with Crippen LogP contribution in [-0.4, -0.2) is 29.1 Å². The molecule has 2 rings (SSSR count). The van der Waals surface area contributed by atoms with Crippen molar-refractivity contribution in [1.82, 2.24) is 9.47 Å². The van der Waals surface area contributed by atoms with E-state index in [9.17, 15) is 0 Å². The molecule has 0 aromatic carbocycles. The van der Waals surface area contributed by atoms with E-state index in [4.69, 9.17) is 5.73 Å². The van der Waals surface area contributed by atoms with Crippen LogP contribution in [0.3, 0.4) is 0 Å². The molecule has 3 nitrogen and oxygen atoms in total. The van der Waals surface area contributed by atoms with Crippen LogP contribution in [0.5, 0.6) is 0 Å². The highest BCUT2D eigenvalue weighted by atomic mass is 15.1. The normalized spacial score (nSPS) is 18.9. The molecule has 0 aliphatic heterocycles. The molecule has 1 aromatic heterocycles. The van der Waals surface area contributed by atoms with E-state index in [1.54, 1.807) is 0 Å². The molecule has 1 unspecified atom stereocenters. The van der Waals surface area contributed by atoms with Crippen LogP contribution in [0.25, 0.3) is 0 Å². The van der Waals surface area contributed by atoms with Gasteiger partial charge in [0.2, 0.25) is 0 Å². The van der Waals surface area contributed by atoms with Crippen molar-refractivity contribution < 1.29 is 0 Å². The summed E-state index contributed by atoms with van der Waals surface area (Å²) in [5.74, 6) is 0. The van der Waals surface area contributed by atoms with Crippen LogP contribution in [0.4, 0.5) is 0 Å². The zero-order valence-corrected chi connectivity index (χ0v) is 13.7. The van der Waals surface area contributed by atoms with Gasteiger partial charge in [0, 0.05) is 30.0 Å². The molecule has 0 bridgehead atoms. The number of fused-ring (bicyclic) bond motifs is 1. The summed E-state index contributed by atoms with van der Waals surface area (Å²) in [6, 6.07) is 3.24. The van der Waals surface area contributed by atoms with Gasteiger partial charge in [0.1, 0.15) is 0 Å². The van der Waals surface area contributed by atoms with Crippen molar-refractivity contribution in [3.63, 3.8) is 0 Å². The second kappa shape index (κ2) is 6.77. The van der Waals surface area contributed by atoms with Gasteiger partial charge in [-0.2, -0.15) is 0 Å². The highest BCUT2D eigenvalue weighted by molar-refractivity contribution is 5.32. The van der Waals surface area contributed by atoms with Crippen LogP contribution in [0, 0.1) is 6.92 Å². The highest BCUT2D eigenvalue weighted by Crippen LogP contribution is 2.30. The SMILES string of the molecule is Cc1cc2c(n1CCCCN(C)C(C)C)CCCC2N. The first-order chi connectivity index (χ1) is 9.50. The first kappa shape index (κ1) is 15.6. The largest absolute Gasteiger partial charge is 0.349 e. The summed E-state index contributed by atoms with van der Waals surface area (Å²) in [5.41, 5.74) is 10.6. The van der Waals surface area contributed by atoms with Gasteiger partial charge in [0.05, 0.1) is 0 Å². The van der Waals surface area contributed by atoms with Gasteiger partial charge in [-0.05, 0) is 78.1 Å². The Kier molecular flexibility index (Phi) is 5.28. The Labute approximate surface area is 124 Å². The molecule has 0 spiro atoms. The third-order valence-electron chi connectivity index (χ3n) is 4.80. The smallest absolute Gasteiger partial charge is 0.0313 e. The van der Waals surface area contributed by atoms with Crippen molar-refractivity contribution in [1.29, 1.82) is 0 Å². The molecule has 0 saturated heterocycles. The molecular formula is C17H31N3. The molecular weight excluding hydrogens is 246 g/mol. The van der Waals surface area contributed by atoms with Gasteiger partial charge in [-0.25, -0.2) is 0 Å². The predicted molar refractivity (Wildman–Crippen MR) is 86.0 cm³/mol.